The molecule has 0 saturated heterocycles. The Hall–Kier alpha value is -2.70. The Balaban J connectivity index is 1.61. The number of nitrogens with one attached hydrogen (secondary N) is 1. The molecule has 1 aromatic heterocycles. The minimum Gasteiger partial charge on any atom is -0.280 e. The van der Waals surface area contributed by atoms with Gasteiger partial charge < -0.3 is 0 Å². The lowest BCUT2D eigenvalue weighted by Gasteiger charge is -2.10. The van der Waals surface area contributed by atoms with Crippen molar-refractivity contribution in [3.63, 3.8) is 0 Å². The number of rotatable bonds is 4. The largest absolute Gasteiger partial charge is 0.280 e. The summed E-state index contributed by atoms with van der Waals surface area (Å²) in [6.45, 7) is 3.85. The van der Waals surface area contributed by atoms with E-state index in [1.165, 1.54) is 5.56 Å². The van der Waals surface area contributed by atoms with Crippen LogP contribution in [0, 0.1) is 13.8 Å². The number of aromatic nitrogens is 1. The molecule has 136 valence electrons. The zero-order chi connectivity index (χ0) is 19.0. The van der Waals surface area contributed by atoms with Gasteiger partial charge in [0.15, 0.2) is 0 Å². The molecular weight excluding hydrogens is 376 g/mol. The highest BCUT2D eigenvalue weighted by Gasteiger charge is 2.16. The van der Waals surface area contributed by atoms with E-state index in [4.69, 9.17) is 0 Å². The molecule has 6 heteroatoms. The lowest BCUT2D eigenvalue weighted by molar-refractivity contribution is 0.600. The van der Waals surface area contributed by atoms with Gasteiger partial charge in [-0.05, 0) is 67.4 Å². The first-order valence-corrected chi connectivity index (χ1v) is 10.8. The van der Waals surface area contributed by atoms with Crippen molar-refractivity contribution in [3.05, 3.63) is 77.9 Å². The van der Waals surface area contributed by atoms with Gasteiger partial charge in [0.25, 0.3) is 10.0 Å². The number of nitrogens with zero attached hydrogens (tertiary/aromatic N) is 1. The number of thiazole rings is 1. The van der Waals surface area contributed by atoms with Crippen LogP contribution in [0.15, 0.2) is 71.6 Å². The second-order valence-corrected chi connectivity index (χ2v) is 9.12. The maximum Gasteiger partial charge on any atom is 0.262 e. The molecule has 1 N–H and O–H groups in total. The first-order valence-electron chi connectivity index (χ1n) is 8.48. The van der Waals surface area contributed by atoms with Crippen LogP contribution in [-0.4, -0.2) is 13.4 Å². The summed E-state index contributed by atoms with van der Waals surface area (Å²) in [5.74, 6) is 0. The van der Waals surface area contributed by atoms with Crippen molar-refractivity contribution in [1.82, 2.24) is 4.98 Å². The molecule has 0 bridgehead atoms. The van der Waals surface area contributed by atoms with E-state index in [9.17, 15) is 8.42 Å². The van der Waals surface area contributed by atoms with Crippen LogP contribution in [-0.2, 0) is 10.0 Å². The SMILES string of the molecule is Cc1ccc2nc(-c3ccc(NS(=O)(=O)c4ccccc4C)cc3)sc2c1. The second kappa shape index (κ2) is 6.79. The summed E-state index contributed by atoms with van der Waals surface area (Å²) in [6, 6.07) is 20.4. The van der Waals surface area contributed by atoms with E-state index in [1.54, 1.807) is 48.6 Å². The van der Waals surface area contributed by atoms with Crippen molar-refractivity contribution in [2.45, 2.75) is 18.7 Å². The molecular formula is C21H18N2O2S2. The van der Waals surface area contributed by atoms with E-state index in [0.717, 1.165) is 20.8 Å². The molecule has 0 radical (unpaired) electrons. The van der Waals surface area contributed by atoms with Gasteiger partial charge in [0, 0.05) is 11.3 Å². The lowest BCUT2D eigenvalue weighted by Crippen LogP contribution is -2.14. The number of hydrogen-bond acceptors (Lipinski definition) is 4. The average molecular weight is 395 g/mol. The molecule has 0 unspecified atom stereocenters. The Morgan fingerprint density at radius 3 is 2.41 bits per heavy atom. The zero-order valence-corrected chi connectivity index (χ0v) is 16.6. The van der Waals surface area contributed by atoms with Crippen molar-refractivity contribution < 1.29 is 8.42 Å². The Labute approximate surface area is 162 Å². The quantitative estimate of drug-likeness (QED) is 0.505. The highest BCUT2D eigenvalue weighted by atomic mass is 32.2. The summed E-state index contributed by atoms with van der Waals surface area (Å²) in [5, 5.41) is 0.920. The summed E-state index contributed by atoms with van der Waals surface area (Å²) in [7, 11) is -3.61. The molecule has 1 heterocycles. The van der Waals surface area contributed by atoms with Gasteiger partial charge in [0.05, 0.1) is 15.1 Å². The Morgan fingerprint density at radius 2 is 1.67 bits per heavy atom. The molecule has 4 aromatic rings. The fourth-order valence-corrected chi connectivity index (χ4v) is 5.28. The molecule has 0 aliphatic carbocycles. The third kappa shape index (κ3) is 3.59. The molecule has 3 aromatic carbocycles. The van der Waals surface area contributed by atoms with Crippen molar-refractivity contribution in [3.8, 4) is 10.6 Å². The molecule has 4 rings (SSSR count). The number of fused-ring (bicyclic) bond motifs is 1. The lowest BCUT2D eigenvalue weighted by atomic mass is 10.2. The summed E-state index contributed by atoms with van der Waals surface area (Å²) >= 11 is 1.63. The number of hydrogen-bond donors (Lipinski definition) is 1. The number of sulfonamides is 1. The zero-order valence-electron chi connectivity index (χ0n) is 14.9. The van der Waals surface area contributed by atoms with Crippen LogP contribution >= 0.6 is 11.3 Å². The van der Waals surface area contributed by atoms with Crippen LogP contribution in [0.4, 0.5) is 5.69 Å². The first-order chi connectivity index (χ1) is 12.9. The number of benzene rings is 3. The summed E-state index contributed by atoms with van der Waals surface area (Å²) in [6.07, 6.45) is 0. The standard InChI is InChI=1S/C21H18N2O2S2/c1-14-7-12-18-19(13-14)26-21(22-18)16-8-10-17(11-9-16)23-27(24,25)20-6-4-3-5-15(20)2/h3-13,23H,1-2H3. The van der Waals surface area contributed by atoms with Gasteiger partial charge in [-0.3, -0.25) is 4.72 Å². The van der Waals surface area contributed by atoms with E-state index in [0.29, 0.717) is 11.3 Å². The van der Waals surface area contributed by atoms with Crippen LogP contribution in [0.3, 0.4) is 0 Å². The smallest absolute Gasteiger partial charge is 0.262 e. The fourth-order valence-electron chi connectivity index (χ4n) is 2.90. The minimum atomic E-state index is -3.61. The van der Waals surface area contributed by atoms with Gasteiger partial charge in [-0.25, -0.2) is 13.4 Å². The molecule has 0 saturated carbocycles. The van der Waals surface area contributed by atoms with Gasteiger partial charge in [0.1, 0.15) is 5.01 Å². The molecule has 0 atom stereocenters. The molecule has 0 aliphatic heterocycles. The molecule has 0 aliphatic rings. The molecule has 0 amide bonds. The van der Waals surface area contributed by atoms with Crippen molar-refractivity contribution in [2.24, 2.45) is 0 Å². The summed E-state index contributed by atoms with van der Waals surface area (Å²) in [4.78, 5) is 4.95. The van der Waals surface area contributed by atoms with Crippen LogP contribution in [0.1, 0.15) is 11.1 Å². The van der Waals surface area contributed by atoms with E-state index in [1.807, 2.05) is 24.3 Å². The van der Waals surface area contributed by atoms with E-state index >= 15 is 0 Å². The van der Waals surface area contributed by atoms with E-state index in [2.05, 4.69) is 28.8 Å². The van der Waals surface area contributed by atoms with Crippen LogP contribution in [0.5, 0.6) is 0 Å². The topological polar surface area (TPSA) is 59.1 Å². The van der Waals surface area contributed by atoms with Gasteiger partial charge >= 0.3 is 0 Å². The predicted octanol–water partition coefficient (Wildman–Crippen LogP) is 5.38. The van der Waals surface area contributed by atoms with E-state index in [-0.39, 0.29) is 4.90 Å². The van der Waals surface area contributed by atoms with Gasteiger partial charge in [-0.2, -0.15) is 0 Å². The van der Waals surface area contributed by atoms with Crippen LogP contribution < -0.4 is 4.72 Å². The molecule has 0 spiro atoms. The highest BCUT2D eigenvalue weighted by molar-refractivity contribution is 7.92. The van der Waals surface area contributed by atoms with Gasteiger partial charge in [-0.1, -0.05) is 24.3 Å². The maximum absolute atomic E-state index is 12.6. The highest BCUT2D eigenvalue weighted by Crippen LogP contribution is 2.31. The molecule has 27 heavy (non-hydrogen) atoms. The Kier molecular flexibility index (Phi) is 4.45. The van der Waals surface area contributed by atoms with Gasteiger partial charge in [-0.15, -0.1) is 11.3 Å². The minimum absolute atomic E-state index is 0.288. The van der Waals surface area contributed by atoms with Crippen molar-refractivity contribution in [2.75, 3.05) is 4.72 Å². The Bertz CT molecular complexity index is 1230. The van der Waals surface area contributed by atoms with Crippen LogP contribution in [0.2, 0.25) is 0 Å². The molecule has 0 fully saturated rings. The van der Waals surface area contributed by atoms with E-state index < -0.39 is 10.0 Å². The third-order valence-electron chi connectivity index (χ3n) is 4.31. The maximum atomic E-state index is 12.6. The summed E-state index contributed by atoms with van der Waals surface area (Å²) in [5.41, 5.74) is 4.39. The normalized spacial score (nSPS) is 11.6. The van der Waals surface area contributed by atoms with Crippen molar-refractivity contribution >= 4 is 37.3 Å². The van der Waals surface area contributed by atoms with Crippen molar-refractivity contribution in [1.29, 1.82) is 0 Å². The predicted molar refractivity (Wildman–Crippen MR) is 112 cm³/mol. The average Bonchev–Trinajstić information content (AvgIpc) is 3.05. The monoisotopic (exact) mass is 394 g/mol. The van der Waals surface area contributed by atoms with Crippen LogP contribution in [0.25, 0.3) is 20.8 Å². The molecule has 4 nitrogen and oxygen atoms in total. The number of aryl methyl sites for hydroxylation is 2. The first kappa shape index (κ1) is 17.7. The second-order valence-electron chi connectivity index (χ2n) is 6.44. The number of anilines is 1. The summed E-state index contributed by atoms with van der Waals surface area (Å²) < 4.78 is 29.0. The Morgan fingerprint density at radius 1 is 0.926 bits per heavy atom. The fraction of sp³-hybridized carbons (Fsp3) is 0.0952. The third-order valence-corrected chi connectivity index (χ3v) is 6.92. The van der Waals surface area contributed by atoms with Gasteiger partial charge in [0.2, 0.25) is 0 Å².